The van der Waals surface area contributed by atoms with Gasteiger partial charge in [0.05, 0.1) is 6.61 Å². The number of carbonyl (C=O) groups excluding carboxylic acids is 1. The summed E-state index contributed by atoms with van der Waals surface area (Å²) >= 11 is 0. The highest BCUT2D eigenvalue weighted by Gasteiger charge is 2.23. The van der Waals surface area contributed by atoms with Crippen molar-refractivity contribution in [2.24, 2.45) is 0 Å². The zero-order chi connectivity index (χ0) is 14.5. The van der Waals surface area contributed by atoms with Crippen molar-refractivity contribution in [3.05, 3.63) is 23.8 Å². The second-order valence-electron chi connectivity index (χ2n) is 4.98. The van der Waals surface area contributed by atoms with Crippen LogP contribution in [-0.2, 0) is 4.74 Å². The fraction of sp³-hybridized carbons (Fsp3) is 0.533. The van der Waals surface area contributed by atoms with Crippen LogP contribution >= 0.6 is 0 Å². The number of nitrogens with zero attached hydrogens (tertiary/aromatic N) is 1. The van der Waals surface area contributed by atoms with E-state index in [0.29, 0.717) is 36.8 Å². The molecule has 1 aromatic rings. The van der Waals surface area contributed by atoms with Crippen molar-refractivity contribution in [3.8, 4) is 5.75 Å². The molecule has 110 valence electrons. The first-order valence-electron chi connectivity index (χ1n) is 7.00. The lowest BCUT2D eigenvalue weighted by molar-refractivity contribution is 0.0362. The number of hydrogen-bond donors (Lipinski definition) is 1. The lowest BCUT2D eigenvalue weighted by Crippen LogP contribution is -2.40. The first-order valence-corrected chi connectivity index (χ1v) is 7.00. The van der Waals surface area contributed by atoms with Gasteiger partial charge in [-0.1, -0.05) is 0 Å². The highest BCUT2D eigenvalue weighted by molar-refractivity contribution is 5.95. The van der Waals surface area contributed by atoms with Gasteiger partial charge in [0.25, 0.3) is 5.91 Å². The van der Waals surface area contributed by atoms with Gasteiger partial charge in [0, 0.05) is 43.6 Å². The first-order chi connectivity index (χ1) is 9.61. The number of anilines is 1. The van der Waals surface area contributed by atoms with Gasteiger partial charge in [0.2, 0.25) is 0 Å². The Bertz CT molecular complexity index is 470. The standard InChI is InChI=1S/C15H22N2O3/c1-3-20-14-9-11(8-12(16)10-14)15(18)17(2)13-4-6-19-7-5-13/h8-10,13H,3-7,16H2,1-2H3. The third-order valence-corrected chi connectivity index (χ3v) is 3.55. The molecule has 1 fully saturated rings. The minimum absolute atomic E-state index is 0.0230. The van der Waals surface area contributed by atoms with E-state index in [1.807, 2.05) is 14.0 Å². The van der Waals surface area contributed by atoms with Crippen LogP contribution in [0.5, 0.6) is 5.75 Å². The highest BCUT2D eigenvalue weighted by atomic mass is 16.5. The van der Waals surface area contributed by atoms with E-state index < -0.39 is 0 Å². The van der Waals surface area contributed by atoms with Crippen LogP contribution in [0.25, 0.3) is 0 Å². The second-order valence-corrected chi connectivity index (χ2v) is 4.98. The van der Waals surface area contributed by atoms with E-state index in [1.54, 1.807) is 23.1 Å². The Kier molecular flexibility index (Phi) is 4.84. The van der Waals surface area contributed by atoms with Gasteiger partial charge in [-0.05, 0) is 31.9 Å². The number of carbonyl (C=O) groups is 1. The van der Waals surface area contributed by atoms with Gasteiger partial charge < -0.3 is 20.1 Å². The van der Waals surface area contributed by atoms with Crippen molar-refractivity contribution in [1.29, 1.82) is 0 Å². The van der Waals surface area contributed by atoms with Crippen molar-refractivity contribution in [2.45, 2.75) is 25.8 Å². The normalized spacial score (nSPS) is 15.9. The molecule has 0 bridgehead atoms. The predicted molar refractivity (Wildman–Crippen MR) is 78.0 cm³/mol. The van der Waals surface area contributed by atoms with Gasteiger partial charge in [-0.3, -0.25) is 4.79 Å². The summed E-state index contributed by atoms with van der Waals surface area (Å²) in [5, 5.41) is 0. The molecule has 0 atom stereocenters. The molecule has 1 amide bonds. The molecule has 1 saturated heterocycles. The summed E-state index contributed by atoms with van der Waals surface area (Å²) < 4.78 is 10.8. The molecule has 0 unspecified atom stereocenters. The molecule has 1 aliphatic rings. The van der Waals surface area contributed by atoms with E-state index in [0.717, 1.165) is 12.8 Å². The SMILES string of the molecule is CCOc1cc(N)cc(C(=O)N(C)C2CCOCC2)c1. The quantitative estimate of drug-likeness (QED) is 0.855. The summed E-state index contributed by atoms with van der Waals surface area (Å²) in [5.74, 6) is 0.612. The predicted octanol–water partition coefficient (Wildman–Crippen LogP) is 1.92. The Labute approximate surface area is 119 Å². The maximum absolute atomic E-state index is 12.5. The zero-order valence-corrected chi connectivity index (χ0v) is 12.1. The van der Waals surface area contributed by atoms with E-state index in [2.05, 4.69) is 0 Å². The molecule has 2 N–H and O–H groups in total. The topological polar surface area (TPSA) is 64.8 Å². The van der Waals surface area contributed by atoms with E-state index >= 15 is 0 Å². The number of benzene rings is 1. The van der Waals surface area contributed by atoms with Gasteiger partial charge in [0.15, 0.2) is 0 Å². The van der Waals surface area contributed by atoms with Crippen molar-refractivity contribution in [1.82, 2.24) is 4.90 Å². The molecule has 1 aliphatic heterocycles. The van der Waals surface area contributed by atoms with E-state index in [4.69, 9.17) is 15.2 Å². The smallest absolute Gasteiger partial charge is 0.254 e. The van der Waals surface area contributed by atoms with Crippen LogP contribution in [0.4, 0.5) is 5.69 Å². The van der Waals surface area contributed by atoms with Crippen molar-refractivity contribution in [2.75, 3.05) is 32.6 Å². The average Bonchev–Trinajstić information content (AvgIpc) is 2.46. The second kappa shape index (κ2) is 6.61. The van der Waals surface area contributed by atoms with Gasteiger partial charge >= 0.3 is 0 Å². The Hall–Kier alpha value is -1.75. The van der Waals surface area contributed by atoms with Gasteiger partial charge in [0.1, 0.15) is 5.75 Å². The van der Waals surface area contributed by atoms with E-state index in [-0.39, 0.29) is 11.9 Å². The first kappa shape index (κ1) is 14.7. The van der Waals surface area contributed by atoms with Crippen LogP contribution in [0.15, 0.2) is 18.2 Å². The summed E-state index contributed by atoms with van der Waals surface area (Å²) in [7, 11) is 1.84. The molecular formula is C15H22N2O3. The summed E-state index contributed by atoms with van der Waals surface area (Å²) in [6.07, 6.45) is 1.76. The summed E-state index contributed by atoms with van der Waals surface area (Å²) in [5.41, 5.74) is 6.95. The zero-order valence-electron chi connectivity index (χ0n) is 12.1. The van der Waals surface area contributed by atoms with E-state index in [9.17, 15) is 4.79 Å². The number of nitrogen functional groups attached to an aromatic ring is 1. The minimum atomic E-state index is -0.0230. The summed E-state index contributed by atoms with van der Waals surface area (Å²) in [6, 6.07) is 5.40. The highest BCUT2D eigenvalue weighted by Crippen LogP contribution is 2.22. The third-order valence-electron chi connectivity index (χ3n) is 3.55. The lowest BCUT2D eigenvalue weighted by atomic mass is 10.1. The number of nitrogens with two attached hydrogens (primary N) is 1. The largest absolute Gasteiger partial charge is 0.494 e. The molecule has 0 aliphatic carbocycles. The molecule has 0 spiro atoms. The Morgan fingerprint density at radius 2 is 2.10 bits per heavy atom. The van der Waals surface area contributed by atoms with Crippen molar-refractivity contribution < 1.29 is 14.3 Å². The number of rotatable bonds is 4. The van der Waals surface area contributed by atoms with Crippen LogP contribution in [0.3, 0.4) is 0 Å². The molecule has 5 heteroatoms. The number of amides is 1. The third kappa shape index (κ3) is 3.42. The summed E-state index contributed by atoms with van der Waals surface area (Å²) in [6.45, 7) is 3.87. The van der Waals surface area contributed by atoms with Crippen LogP contribution in [-0.4, -0.2) is 43.7 Å². The average molecular weight is 278 g/mol. The van der Waals surface area contributed by atoms with Gasteiger partial charge in [-0.15, -0.1) is 0 Å². The number of hydrogen-bond acceptors (Lipinski definition) is 4. The fourth-order valence-corrected chi connectivity index (χ4v) is 2.44. The molecule has 0 saturated carbocycles. The Morgan fingerprint density at radius 1 is 1.40 bits per heavy atom. The van der Waals surface area contributed by atoms with Crippen LogP contribution in [0, 0.1) is 0 Å². The van der Waals surface area contributed by atoms with Crippen LogP contribution in [0.2, 0.25) is 0 Å². The molecule has 1 heterocycles. The van der Waals surface area contributed by atoms with Crippen molar-refractivity contribution >= 4 is 11.6 Å². The lowest BCUT2D eigenvalue weighted by Gasteiger charge is -2.31. The molecule has 5 nitrogen and oxygen atoms in total. The molecule has 0 radical (unpaired) electrons. The minimum Gasteiger partial charge on any atom is -0.494 e. The van der Waals surface area contributed by atoms with Crippen LogP contribution < -0.4 is 10.5 Å². The summed E-state index contributed by atoms with van der Waals surface area (Å²) in [4.78, 5) is 14.3. The maximum Gasteiger partial charge on any atom is 0.254 e. The molecule has 2 rings (SSSR count). The fourth-order valence-electron chi connectivity index (χ4n) is 2.44. The Balaban J connectivity index is 2.14. The molecule has 1 aromatic carbocycles. The van der Waals surface area contributed by atoms with Gasteiger partial charge in [-0.25, -0.2) is 0 Å². The van der Waals surface area contributed by atoms with Crippen molar-refractivity contribution in [3.63, 3.8) is 0 Å². The van der Waals surface area contributed by atoms with Crippen LogP contribution in [0.1, 0.15) is 30.1 Å². The Morgan fingerprint density at radius 3 is 2.75 bits per heavy atom. The van der Waals surface area contributed by atoms with E-state index in [1.165, 1.54) is 0 Å². The molecule has 0 aromatic heterocycles. The van der Waals surface area contributed by atoms with Gasteiger partial charge in [-0.2, -0.15) is 0 Å². The monoisotopic (exact) mass is 278 g/mol. The molecule has 20 heavy (non-hydrogen) atoms. The molecular weight excluding hydrogens is 256 g/mol. The maximum atomic E-state index is 12.5. The number of ether oxygens (including phenoxy) is 2.